The first-order valence-electron chi connectivity index (χ1n) is 13.1. The Balaban J connectivity index is 1.34. The second-order valence-corrected chi connectivity index (χ2v) is 10.4. The Kier molecular flexibility index (Phi) is 6.27. The molecule has 3 aromatic rings. The van der Waals surface area contributed by atoms with Crippen molar-refractivity contribution in [3.63, 3.8) is 0 Å². The summed E-state index contributed by atoms with van der Waals surface area (Å²) < 4.78 is 7.38. The molecule has 3 N–H and O–H groups in total. The minimum absolute atomic E-state index is 0.00554. The van der Waals surface area contributed by atoms with Gasteiger partial charge in [0.2, 0.25) is 0 Å². The Morgan fingerprint density at radius 1 is 1.17 bits per heavy atom. The predicted octanol–water partition coefficient (Wildman–Crippen LogP) is 3.01. The Morgan fingerprint density at radius 3 is 2.72 bits per heavy atom. The van der Waals surface area contributed by atoms with Crippen LogP contribution in [-0.2, 0) is 4.74 Å². The van der Waals surface area contributed by atoms with Crippen LogP contribution in [-0.4, -0.2) is 70.6 Å². The van der Waals surface area contributed by atoms with Gasteiger partial charge in [-0.15, -0.1) is 0 Å². The second-order valence-electron chi connectivity index (χ2n) is 10.4. The molecule has 6 rings (SSSR count). The van der Waals surface area contributed by atoms with Crippen LogP contribution in [0.25, 0.3) is 16.8 Å². The lowest BCUT2D eigenvalue weighted by atomic mass is 10.0. The summed E-state index contributed by atoms with van der Waals surface area (Å²) >= 11 is 0. The maximum atomic E-state index is 12.6. The van der Waals surface area contributed by atoms with Crippen LogP contribution in [0, 0.1) is 12.8 Å². The maximum absolute atomic E-state index is 12.6. The molecule has 0 radical (unpaired) electrons. The van der Waals surface area contributed by atoms with E-state index < -0.39 is 0 Å². The normalized spacial score (nSPS) is 20.7. The van der Waals surface area contributed by atoms with E-state index in [4.69, 9.17) is 14.8 Å². The molecule has 1 aliphatic carbocycles. The van der Waals surface area contributed by atoms with Crippen molar-refractivity contribution in [3.8, 4) is 11.1 Å². The van der Waals surface area contributed by atoms with Gasteiger partial charge in [-0.05, 0) is 62.1 Å². The summed E-state index contributed by atoms with van der Waals surface area (Å²) in [5, 5.41) is 21.5. The van der Waals surface area contributed by atoms with Crippen LogP contribution in [0.15, 0.2) is 30.5 Å². The number of benzene rings is 1. The van der Waals surface area contributed by atoms with Gasteiger partial charge in [-0.25, -0.2) is 4.98 Å². The smallest absolute Gasteiger partial charge is 0.251 e. The molecule has 3 fully saturated rings. The maximum Gasteiger partial charge on any atom is 0.251 e. The van der Waals surface area contributed by atoms with Gasteiger partial charge in [0.1, 0.15) is 11.6 Å². The highest BCUT2D eigenvalue weighted by Crippen LogP contribution is 2.31. The minimum Gasteiger partial charge on any atom is -0.391 e. The number of aromatic nitrogens is 3. The van der Waals surface area contributed by atoms with Crippen molar-refractivity contribution in [1.29, 1.82) is 0 Å². The number of carbonyl (C=O) groups is 1. The average Bonchev–Trinajstić information content (AvgIpc) is 3.41. The van der Waals surface area contributed by atoms with Gasteiger partial charge in [-0.1, -0.05) is 12.1 Å². The highest BCUT2D eigenvalue weighted by Gasteiger charge is 2.26. The van der Waals surface area contributed by atoms with Crippen molar-refractivity contribution in [2.24, 2.45) is 5.92 Å². The fourth-order valence-corrected chi connectivity index (χ4v) is 5.17. The number of aryl methyl sites for hydroxylation is 1. The third kappa shape index (κ3) is 4.77. The van der Waals surface area contributed by atoms with E-state index in [2.05, 4.69) is 15.5 Å². The number of rotatable bonds is 7. The van der Waals surface area contributed by atoms with Gasteiger partial charge in [0.25, 0.3) is 5.91 Å². The number of amides is 1. The lowest BCUT2D eigenvalue weighted by Crippen LogP contribution is -2.26. The van der Waals surface area contributed by atoms with Crippen molar-refractivity contribution in [2.75, 3.05) is 43.1 Å². The minimum atomic E-state index is -0.331. The van der Waals surface area contributed by atoms with E-state index in [0.29, 0.717) is 24.1 Å². The first-order chi connectivity index (χ1) is 17.5. The number of ether oxygens (including phenoxy) is 1. The number of aliphatic hydroxyl groups excluding tert-OH is 1. The van der Waals surface area contributed by atoms with Crippen molar-refractivity contribution < 1.29 is 14.6 Å². The van der Waals surface area contributed by atoms with Gasteiger partial charge in [-0.3, -0.25) is 4.79 Å². The van der Waals surface area contributed by atoms with E-state index in [9.17, 15) is 9.90 Å². The van der Waals surface area contributed by atoms with Crippen LogP contribution in [0.1, 0.15) is 48.0 Å². The zero-order valence-electron chi connectivity index (χ0n) is 20.7. The molecule has 9 nitrogen and oxygen atoms in total. The Labute approximate surface area is 210 Å². The van der Waals surface area contributed by atoms with E-state index in [0.717, 1.165) is 92.4 Å². The van der Waals surface area contributed by atoms with Crippen LogP contribution < -0.4 is 15.5 Å². The van der Waals surface area contributed by atoms with Crippen molar-refractivity contribution in [3.05, 3.63) is 41.6 Å². The monoisotopic (exact) mass is 490 g/mol. The van der Waals surface area contributed by atoms with Gasteiger partial charge in [-0.2, -0.15) is 9.61 Å². The summed E-state index contributed by atoms with van der Waals surface area (Å²) in [6, 6.07) is 8.29. The molecule has 9 heteroatoms. The number of anilines is 2. The molecule has 2 aliphatic heterocycles. The lowest BCUT2D eigenvalue weighted by molar-refractivity contribution is 0.0699. The third-order valence-electron chi connectivity index (χ3n) is 7.55. The molecule has 2 aromatic heterocycles. The molecule has 1 saturated carbocycles. The van der Waals surface area contributed by atoms with Gasteiger partial charge >= 0.3 is 0 Å². The number of nitrogens with one attached hydrogen (secondary N) is 2. The standard InChI is InChI=1S/C27H34N6O3/c1-17-12-19(2-5-22(17)27(35)30-20-3-4-20)23-15-29-33-24(28-14-18-7-10-36-11-8-18)13-25(31-26(23)33)32-9-6-21(34)16-32/h2,5,12-13,15,18,20-21,28,34H,3-4,6-11,14,16H2,1H3,(H,30,35)/t21-/m1/s1. The summed E-state index contributed by atoms with van der Waals surface area (Å²) in [6.07, 6.45) is 6.50. The molecule has 4 heterocycles. The molecule has 1 aromatic carbocycles. The molecule has 0 unspecified atom stereocenters. The van der Waals surface area contributed by atoms with Gasteiger partial charge in [0.05, 0.1) is 12.3 Å². The molecule has 3 aliphatic rings. The number of fused-ring (bicyclic) bond motifs is 1. The van der Waals surface area contributed by atoms with E-state index >= 15 is 0 Å². The molecule has 0 bridgehead atoms. The van der Waals surface area contributed by atoms with Crippen LogP contribution >= 0.6 is 0 Å². The topological polar surface area (TPSA) is 104 Å². The molecule has 1 atom stereocenters. The van der Waals surface area contributed by atoms with E-state index in [1.807, 2.05) is 41.9 Å². The summed E-state index contributed by atoms with van der Waals surface area (Å²) in [5.41, 5.74) is 4.30. The van der Waals surface area contributed by atoms with Crippen LogP contribution in [0.5, 0.6) is 0 Å². The van der Waals surface area contributed by atoms with Gasteiger partial charge in [0.15, 0.2) is 5.65 Å². The van der Waals surface area contributed by atoms with Crippen LogP contribution in [0.3, 0.4) is 0 Å². The molecule has 1 amide bonds. The highest BCUT2D eigenvalue weighted by molar-refractivity contribution is 5.97. The third-order valence-corrected chi connectivity index (χ3v) is 7.55. The first-order valence-corrected chi connectivity index (χ1v) is 13.1. The van der Waals surface area contributed by atoms with E-state index in [1.54, 1.807) is 0 Å². The number of carbonyl (C=O) groups excluding carboxylic acids is 1. The fourth-order valence-electron chi connectivity index (χ4n) is 5.17. The quantitative estimate of drug-likeness (QED) is 0.468. The first kappa shape index (κ1) is 23.2. The fraction of sp³-hybridized carbons (Fsp3) is 0.519. The Hall–Kier alpha value is -3.17. The van der Waals surface area contributed by atoms with Gasteiger partial charge < -0.3 is 25.4 Å². The molecule has 0 spiro atoms. The average molecular weight is 491 g/mol. The number of hydrogen-bond donors (Lipinski definition) is 3. The van der Waals surface area contributed by atoms with E-state index in [-0.39, 0.29) is 12.0 Å². The SMILES string of the molecule is Cc1cc(-c2cnn3c(NCC4CCOCC4)cc(N4CC[C@@H](O)C4)nc23)ccc1C(=O)NC1CC1. The zero-order valence-corrected chi connectivity index (χ0v) is 20.7. The van der Waals surface area contributed by atoms with Crippen molar-refractivity contribution in [2.45, 2.75) is 51.2 Å². The Morgan fingerprint density at radius 2 is 2.00 bits per heavy atom. The summed E-state index contributed by atoms with van der Waals surface area (Å²) in [6.45, 7) is 5.81. The predicted molar refractivity (Wildman–Crippen MR) is 139 cm³/mol. The molecular weight excluding hydrogens is 456 g/mol. The highest BCUT2D eigenvalue weighted by atomic mass is 16.5. The number of nitrogens with zero attached hydrogens (tertiary/aromatic N) is 4. The summed E-state index contributed by atoms with van der Waals surface area (Å²) in [4.78, 5) is 19.7. The van der Waals surface area contributed by atoms with Gasteiger partial charge in [0, 0.05) is 56.1 Å². The largest absolute Gasteiger partial charge is 0.391 e. The van der Waals surface area contributed by atoms with Crippen LogP contribution in [0.2, 0.25) is 0 Å². The summed E-state index contributed by atoms with van der Waals surface area (Å²) in [5.74, 6) is 2.29. The van der Waals surface area contributed by atoms with Crippen LogP contribution in [0.4, 0.5) is 11.6 Å². The van der Waals surface area contributed by atoms with Crippen molar-refractivity contribution >= 4 is 23.2 Å². The number of aliphatic hydroxyl groups is 1. The number of β-amino-alcohol motifs (C(OH)–C–C–N with tert-alkyl or cyclic N) is 1. The molecule has 36 heavy (non-hydrogen) atoms. The summed E-state index contributed by atoms with van der Waals surface area (Å²) in [7, 11) is 0. The number of hydrogen-bond acceptors (Lipinski definition) is 7. The zero-order chi connectivity index (χ0) is 24.6. The second kappa shape index (κ2) is 9.71. The molecular formula is C27H34N6O3. The molecule has 2 saturated heterocycles. The Bertz CT molecular complexity index is 1260. The van der Waals surface area contributed by atoms with E-state index in [1.165, 1.54) is 0 Å². The van der Waals surface area contributed by atoms with Crippen molar-refractivity contribution in [1.82, 2.24) is 19.9 Å². The lowest BCUT2D eigenvalue weighted by Gasteiger charge is -2.23. The molecule has 190 valence electrons.